The van der Waals surface area contributed by atoms with Crippen LogP contribution in [0.3, 0.4) is 0 Å². The second kappa shape index (κ2) is 17.9. The summed E-state index contributed by atoms with van der Waals surface area (Å²) in [6, 6.07) is -0.246. The Morgan fingerprint density at radius 2 is 1.75 bits per heavy atom. The van der Waals surface area contributed by atoms with Gasteiger partial charge in [0.2, 0.25) is 0 Å². The van der Waals surface area contributed by atoms with Gasteiger partial charge in [-0.15, -0.1) is 0 Å². The van der Waals surface area contributed by atoms with Crippen LogP contribution in [0, 0.1) is 23.7 Å². The summed E-state index contributed by atoms with van der Waals surface area (Å²) in [5.41, 5.74) is -1.43. The second-order valence-corrected chi connectivity index (χ2v) is 15.5. The summed E-state index contributed by atoms with van der Waals surface area (Å²) in [6.07, 6.45) is 2.84. The Balaban J connectivity index is 1.83. The van der Waals surface area contributed by atoms with Crippen molar-refractivity contribution in [2.45, 2.75) is 135 Å². The fraction of sp³-hybridized carbons (Fsp3) is 0.763. The van der Waals surface area contributed by atoms with Crippen molar-refractivity contribution < 1.29 is 53.1 Å². The van der Waals surface area contributed by atoms with Gasteiger partial charge in [0.1, 0.15) is 18.5 Å². The van der Waals surface area contributed by atoms with Crippen LogP contribution < -0.4 is 0 Å². The molecule has 15 nitrogen and oxygen atoms in total. The standard InChI is InChI=1S/C38H60N4O11/c1-12-28-38(8)33(52-36(45)53-38)23(4)29(41-46)21(2)17-37(7,47-11)32(51-35-30(43)27(42(9)10)16-22(3)49-35)24(5)31(25(6)34(44)50-28)48-15-13-14-26-18-39-20-40-19-26/h13-14,18-25,27-28,30-33,35,43,46H,12,15-17H2,1-11H3/b14-13+,41-29+/t21-,22+,23+,24+,25-,27-,28-,30+,31+,32-,33-,35-,37-,38+/m1/s1. The zero-order chi connectivity index (χ0) is 39.2. The molecule has 14 atom stereocenters. The third-order valence-electron chi connectivity index (χ3n) is 11.4. The van der Waals surface area contributed by atoms with Gasteiger partial charge in [-0.05, 0) is 61.1 Å². The Labute approximate surface area is 313 Å². The number of aromatic nitrogens is 2. The number of methoxy groups -OCH3 is 1. The van der Waals surface area contributed by atoms with Crippen LogP contribution in [0.25, 0.3) is 6.08 Å². The number of ether oxygens (including phenoxy) is 7. The minimum Gasteiger partial charge on any atom is -0.458 e. The Bertz CT molecular complexity index is 1430. The molecule has 298 valence electrons. The van der Waals surface area contributed by atoms with Crippen molar-refractivity contribution in [3.63, 3.8) is 0 Å². The Morgan fingerprint density at radius 3 is 2.36 bits per heavy atom. The number of likely N-dealkylation sites (N-methyl/N-ethyl adjacent to an activating group) is 1. The fourth-order valence-electron chi connectivity index (χ4n) is 8.43. The molecule has 3 aliphatic heterocycles. The monoisotopic (exact) mass is 748 g/mol. The van der Waals surface area contributed by atoms with E-state index in [1.807, 2.05) is 59.7 Å². The number of aliphatic hydroxyl groups excluding tert-OH is 1. The molecule has 3 fully saturated rings. The van der Waals surface area contributed by atoms with Crippen LogP contribution in [0.4, 0.5) is 4.79 Å². The predicted octanol–water partition coefficient (Wildman–Crippen LogP) is 4.49. The SMILES string of the molecule is CC[C@H]1OC(=O)[C@H](C)[C@@H](OC/C=C/c2cncnc2)[C@H](C)[C@@H](O[C@H]2O[C@@H](C)C[C@@H](N(C)C)[C@@H]2O)[C@](C)(OC)C[C@@H](C)/C(=N\O)[C@H](C)[C@H]2OC(=O)O[C@]21C. The van der Waals surface area contributed by atoms with Gasteiger partial charge in [0.05, 0.1) is 42.1 Å². The minimum atomic E-state index is -1.40. The van der Waals surface area contributed by atoms with E-state index >= 15 is 0 Å². The molecule has 0 saturated carbocycles. The molecule has 0 amide bonds. The average molecular weight is 749 g/mol. The van der Waals surface area contributed by atoms with Gasteiger partial charge in [0.25, 0.3) is 0 Å². The molecule has 2 N–H and O–H groups in total. The molecular weight excluding hydrogens is 688 g/mol. The lowest BCUT2D eigenvalue weighted by Gasteiger charge is -2.48. The number of hydrogen-bond donors (Lipinski definition) is 2. The summed E-state index contributed by atoms with van der Waals surface area (Å²) < 4.78 is 43.7. The lowest BCUT2D eigenvalue weighted by molar-refractivity contribution is -0.302. The zero-order valence-electron chi connectivity index (χ0n) is 33.0. The second-order valence-electron chi connectivity index (χ2n) is 15.5. The summed E-state index contributed by atoms with van der Waals surface area (Å²) in [4.78, 5) is 37.0. The number of carbonyl (C=O) groups is 2. The largest absolute Gasteiger partial charge is 0.509 e. The summed E-state index contributed by atoms with van der Waals surface area (Å²) in [6.45, 7) is 14.7. The molecule has 1 aromatic rings. The predicted molar refractivity (Wildman–Crippen MR) is 194 cm³/mol. The van der Waals surface area contributed by atoms with E-state index in [4.69, 9.17) is 33.2 Å². The van der Waals surface area contributed by atoms with E-state index in [0.29, 0.717) is 18.6 Å². The van der Waals surface area contributed by atoms with Crippen LogP contribution in [0.15, 0.2) is 30.0 Å². The highest BCUT2D eigenvalue weighted by molar-refractivity contribution is 5.89. The summed E-state index contributed by atoms with van der Waals surface area (Å²) >= 11 is 0. The van der Waals surface area contributed by atoms with E-state index in [1.165, 1.54) is 6.33 Å². The molecule has 0 bridgehead atoms. The van der Waals surface area contributed by atoms with E-state index in [1.54, 1.807) is 46.4 Å². The molecule has 4 rings (SSSR count). The number of carbonyl (C=O) groups excluding carboxylic acids is 2. The third kappa shape index (κ3) is 9.37. The molecule has 0 spiro atoms. The van der Waals surface area contributed by atoms with Gasteiger partial charge in [-0.3, -0.25) is 4.79 Å². The van der Waals surface area contributed by atoms with Crippen LogP contribution >= 0.6 is 0 Å². The number of fused-ring (bicyclic) bond motifs is 1. The van der Waals surface area contributed by atoms with Gasteiger partial charge in [0.15, 0.2) is 18.0 Å². The van der Waals surface area contributed by atoms with Crippen molar-refractivity contribution in [1.29, 1.82) is 0 Å². The maximum atomic E-state index is 14.2. The number of rotatable bonds is 9. The molecule has 4 heterocycles. The van der Waals surface area contributed by atoms with Gasteiger partial charge >= 0.3 is 12.1 Å². The molecule has 3 aliphatic rings. The van der Waals surface area contributed by atoms with Gasteiger partial charge in [-0.1, -0.05) is 45.0 Å². The first-order chi connectivity index (χ1) is 25.0. The summed E-state index contributed by atoms with van der Waals surface area (Å²) in [5, 5.41) is 25.8. The van der Waals surface area contributed by atoms with Crippen molar-refractivity contribution in [3.05, 3.63) is 30.4 Å². The highest BCUT2D eigenvalue weighted by Gasteiger charge is 2.59. The van der Waals surface area contributed by atoms with Gasteiger partial charge < -0.3 is 48.4 Å². The normalized spacial score (nSPS) is 41.1. The van der Waals surface area contributed by atoms with Crippen LogP contribution in [0.1, 0.15) is 80.2 Å². The van der Waals surface area contributed by atoms with Gasteiger partial charge in [-0.25, -0.2) is 14.8 Å². The Kier molecular flexibility index (Phi) is 14.4. The molecule has 0 aromatic carbocycles. The summed E-state index contributed by atoms with van der Waals surface area (Å²) in [7, 11) is 5.37. The number of cyclic esters (lactones) is 1. The zero-order valence-corrected chi connectivity index (χ0v) is 33.0. The molecule has 0 unspecified atom stereocenters. The first-order valence-corrected chi connectivity index (χ1v) is 18.6. The third-order valence-corrected chi connectivity index (χ3v) is 11.4. The fourth-order valence-corrected chi connectivity index (χ4v) is 8.43. The first-order valence-electron chi connectivity index (χ1n) is 18.6. The van der Waals surface area contributed by atoms with Gasteiger partial charge in [-0.2, -0.15) is 0 Å². The Morgan fingerprint density at radius 1 is 1.08 bits per heavy atom. The molecule has 0 aliphatic carbocycles. The number of esters is 1. The van der Waals surface area contributed by atoms with E-state index < -0.39 is 83.8 Å². The van der Waals surface area contributed by atoms with E-state index in [0.717, 1.165) is 5.56 Å². The number of hydrogen-bond acceptors (Lipinski definition) is 15. The molecule has 15 heteroatoms. The average Bonchev–Trinajstić information content (AvgIpc) is 3.44. The molecule has 0 radical (unpaired) electrons. The number of aliphatic hydroxyl groups is 1. The molecule has 3 saturated heterocycles. The maximum Gasteiger partial charge on any atom is 0.509 e. The highest BCUT2D eigenvalue weighted by atomic mass is 16.8. The van der Waals surface area contributed by atoms with E-state index in [2.05, 4.69) is 15.1 Å². The maximum absolute atomic E-state index is 14.2. The first kappa shape index (κ1) is 42.5. The van der Waals surface area contributed by atoms with Crippen molar-refractivity contribution in [1.82, 2.24) is 14.9 Å². The van der Waals surface area contributed by atoms with Crippen molar-refractivity contribution in [2.24, 2.45) is 28.8 Å². The van der Waals surface area contributed by atoms with E-state index in [9.17, 15) is 19.9 Å². The summed E-state index contributed by atoms with van der Waals surface area (Å²) in [5.74, 6) is -3.14. The highest BCUT2D eigenvalue weighted by Crippen LogP contribution is 2.43. The Hall–Kier alpha value is -3.21. The van der Waals surface area contributed by atoms with Crippen molar-refractivity contribution >= 4 is 23.9 Å². The lowest BCUT2D eigenvalue weighted by Crippen LogP contribution is -2.60. The van der Waals surface area contributed by atoms with E-state index in [-0.39, 0.29) is 25.2 Å². The molecule has 53 heavy (non-hydrogen) atoms. The van der Waals surface area contributed by atoms with Crippen LogP contribution in [-0.4, -0.2) is 131 Å². The van der Waals surface area contributed by atoms with Crippen molar-refractivity contribution in [3.8, 4) is 0 Å². The smallest absolute Gasteiger partial charge is 0.458 e. The molecular formula is C38H60N4O11. The number of oxime groups is 1. The number of nitrogens with zero attached hydrogens (tertiary/aromatic N) is 4. The van der Waals surface area contributed by atoms with Gasteiger partial charge in [0, 0.05) is 48.9 Å². The minimum absolute atomic E-state index is 0.109. The van der Waals surface area contributed by atoms with Crippen molar-refractivity contribution in [2.75, 3.05) is 27.8 Å². The lowest BCUT2D eigenvalue weighted by atomic mass is 9.73. The quantitative estimate of drug-likeness (QED) is 0.205. The van der Waals surface area contributed by atoms with Crippen LogP contribution in [0.5, 0.6) is 0 Å². The topological polar surface area (TPSA) is 181 Å². The van der Waals surface area contributed by atoms with Crippen LogP contribution in [-0.2, 0) is 38.0 Å². The molecule has 1 aromatic heterocycles. The van der Waals surface area contributed by atoms with Crippen LogP contribution in [0.2, 0.25) is 0 Å².